The van der Waals surface area contributed by atoms with E-state index >= 15 is 0 Å². The average Bonchev–Trinajstić information content (AvgIpc) is 3.62. The van der Waals surface area contributed by atoms with E-state index in [0.717, 1.165) is 65.7 Å². The second-order valence-corrected chi connectivity index (χ2v) is 16.2. The molecule has 0 radical (unpaired) electrons. The van der Waals surface area contributed by atoms with Gasteiger partial charge in [-0.15, -0.1) is 6.58 Å². The van der Waals surface area contributed by atoms with Crippen LogP contribution in [0.1, 0.15) is 71.2 Å². The van der Waals surface area contributed by atoms with Gasteiger partial charge in [-0.1, -0.05) is 133 Å². The van der Waals surface area contributed by atoms with Crippen LogP contribution in [0.15, 0.2) is 146 Å². The van der Waals surface area contributed by atoms with Gasteiger partial charge in [-0.05, 0) is 91.5 Å². The predicted octanol–water partition coefficient (Wildman–Crippen LogP) is 9.59. The van der Waals surface area contributed by atoms with E-state index in [4.69, 9.17) is 28.4 Å². The quantitative estimate of drug-likeness (QED) is 0.0623. The normalized spacial score (nSPS) is 22.9. The number of aliphatic hydroxyl groups is 1. The highest BCUT2D eigenvalue weighted by Gasteiger charge is 2.73. The molecule has 0 spiro atoms. The third-order valence-electron chi connectivity index (χ3n) is 11.5. The van der Waals surface area contributed by atoms with Crippen LogP contribution in [0.5, 0.6) is 0 Å². The van der Waals surface area contributed by atoms with Crippen molar-refractivity contribution in [3.63, 3.8) is 0 Å². The second kappa shape index (κ2) is 19.1. The Morgan fingerprint density at radius 2 is 1.28 bits per heavy atom. The molecule has 5 aromatic rings. The first-order valence-corrected chi connectivity index (χ1v) is 20.6. The van der Waals surface area contributed by atoms with Crippen molar-refractivity contribution in [3.05, 3.63) is 191 Å². The van der Waals surface area contributed by atoms with E-state index in [9.17, 15) is 5.11 Å². The first-order chi connectivity index (χ1) is 28.2. The lowest BCUT2D eigenvalue weighted by atomic mass is 9.74. The van der Waals surface area contributed by atoms with Crippen molar-refractivity contribution in [1.82, 2.24) is 0 Å². The number of benzene rings is 5. The number of unbranched alkanes of at least 4 members (excludes halogenated alkanes) is 1. The van der Waals surface area contributed by atoms with Crippen molar-refractivity contribution in [2.45, 2.75) is 102 Å². The lowest BCUT2D eigenvalue weighted by Crippen LogP contribution is -2.72. The van der Waals surface area contributed by atoms with Gasteiger partial charge in [-0.3, -0.25) is 0 Å². The van der Waals surface area contributed by atoms with Crippen LogP contribution in [-0.4, -0.2) is 54.4 Å². The number of hydrogen-bond donors (Lipinski definition) is 1. The molecule has 5 atom stereocenters. The Bertz CT molecular complexity index is 2030. The zero-order valence-electron chi connectivity index (χ0n) is 34.2. The maximum atomic E-state index is 12.2. The minimum absolute atomic E-state index is 0.0669. The van der Waals surface area contributed by atoms with Gasteiger partial charge < -0.3 is 33.5 Å². The third-order valence-corrected chi connectivity index (χ3v) is 11.5. The molecular weight excluding hydrogens is 725 g/mol. The molecule has 0 aliphatic carbocycles. The summed E-state index contributed by atoms with van der Waals surface area (Å²) in [7, 11) is 0. The molecule has 0 amide bonds. The van der Waals surface area contributed by atoms with Crippen molar-refractivity contribution in [2.75, 3.05) is 19.8 Å². The van der Waals surface area contributed by atoms with E-state index in [1.165, 1.54) is 11.1 Å². The van der Waals surface area contributed by atoms with E-state index in [2.05, 4.69) is 56.0 Å². The van der Waals surface area contributed by atoms with Crippen molar-refractivity contribution in [2.24, 2.45) is 0 Å². The second-order valence-electron chi connectivity index (χ2n) is 16.2. The standard InChI is InChI=1S/C51H58O7/c1-5-30-53-31-16-15-17-39-25-27-40(28-26-39)32-44-33-45(29-24-38(44)2)51-48(56-36-43-22-13-8-14-23-43)46(54-34-41-18-9-6-10-19-41)47(55-35-42-20-11-7-12-21-42)50(58-51,37-57-51)49(3,4)52/h5-14,18-29,33,46-48,52H,1,15-17,30-32,34-37H2,2-4H3/t46-,47-,48+,50-,51-/m0/s1. The summed E-state index contributed by atoms with van der Waals surface area (Å²) in [5.41, 5.74) is 5.96. The van der Waals surface area contributed by atoms with Crippen molar-refractivity contribution in [1.29, 1.82) is 0 Å². The van der Waals surface area contributed by atoms with Crippen LogP contribution >= 0.6 is 0 Å². The largest absolute Gasteiger partial charge is 0.387 e. The van der Waals surface area contributed by atoms with Gasteiger partial charge in [0.05, 0.1) is 38.6 Å². The Kier molecular flexibility index (Phi) is 13.7. The number of ether oxygens (including phenoxy) is 6. The van der Waals surface area contributed by atoms with Gasteiger partial charge in [-0.25, -0.2) is 0 Å². The van der Waals surface area contributed by atoms with Crippen LogP contribution in [0.3, 0.4) is 0 Å². The fraction of sp³-hybridized carbons (Fsp3) is 0.373. The van der Waals surface area contributed by atoms with E-state index < -0.39 is 35.3 Å². The SMILES string of the molecule is C=CCOCCCCc1ccc(Cc2cc([C@]34OC[C@](C(C)(C)O)(O3)[C@@H](OCc3ccccc3)[C@H](OCc3ccccc3)[C@H]4OCc3ccccc3)ccc2C)cc1. The van der Waals surface area contributed by atoms with E-state index in [1.54, 1.807) is 19.9 Å². The van der Waals surface area contributed by atoms with Gasteiger partial charge in [0.15, 0.2) is 5.60 Å². The summed E-state index contributed by atoms with van der Waals surface area (Å²) >= 11 is 0. The first kappa shape index (κ1) is 41.7. The highest BCUT2D eigenvalue weighted by atomic mass is 16.8. The highest BCUT2D eigenvalue weighted by Crippen LogP contribution is 2.56. The molecule has 58 heavy (non-hydrogen) atoms. The minimum atomic E-state index is -1.43. The monoisotopic (exact) mass is 782 g/mol. The van der Waals surface area contributed by atoms with Crippen molar-refractivity contribution < 1.29 is 33.5 Å². The van der Waals surface area contributed by atoms with Crippen LogP contribution in [0.25, 0.3) is 0 Å². The zero-order chi connectivity index (χ0) is 40.4. The maximum absolute atomic E-state index is 12.2. The van der Waals surface area contributed by atoms with E-state index in [0.29, 0.717) is 19.8 Å². The van der Waals surface area contributed by atoms with Gasteiger partial charge in [0.1, 0.15) is 18.3 Å². The molecule has 0 unspecified atom stereocenters. The van der Waals surface area contributed by atoms with E-state index in [-0.39, 0.29) is 13.2 Å². The molecule has 5 aromatic carbocycles. The highest BCUT2D eigenvalue weighted by molar-refractivity contribution is 5.40. The fourth-order valence-electron chi connectivity index (χ4n) is 8.14. The van der Waals surface area contributed by atoms with Crippen LogP contribution in [0.4, 0.5) is 0 Å². The smallest absolute Gasteiger partial charge is 0.225 e. The molecule has 2 aliphatic heterocycles. The van der Waals surface area contributed by atoms with Gasteiger partial charge in [0.2, 0.25) is 5.79 Å². The number of hydrogen-bond acceptors (Lipinski definition) is 7. The minimum Gasteiger partial charge on any atom is -0.387 e. The van der Waals surface area contributed by atoms with Crippen LogP contribution in [0.2, 0.25) is 0 Å². The molecule has 2 fully saturated rings. The molecule has 1 N–H and O–H groups in total. The topological polar surface area (TPSA) is 75.6 Å². The number of rotatable bonds is 20. The molecular formula is C51H58O7. The van der Waals surface area contributed by atoms with Crippen LogP contribution in [0, 0.1) is 6.92 Å². The molecule has 304 valence electrons. The van der Waals surface area contributed by atoms with Crippen molar-refractivity contribution >= 4 is 0 Å². The summed E-state index contributed by atoms with van der Waals surface area (Å²) in [4.78, 5) is 0. The van der Waals surface area contributed by atoms with Gasteiger partial charge >= 0.3 is 0 Å². The number of aryl methyl sites for hydroxylation is 2. The average molecular weight is 783 g/mol. The first-order valence-electron chi connectivity index (χ1n) is 20.6. The molecule has 7 nitrogen and oxygen atoms in total. The Balaban J connectivity index is 1.24. The molecule has 2 bridgehead atoms. The lowest BCUT2D eigenvalue weighted by Gasteiger charge is -2.54. The molecule has 0 saturated carbocycles. The predicted molar refractivity (Wildman–Crippen MR) is 227 cm³/mol. The molecule has 7 rings (SSSR count). The summed E-state index contributed by atoms with van der Waals surface area (Å²) in [6.07, 6.45) is 3.37. The molecule has 2 saturated heterocycles. The molecule has 7 heteroatoms. The zero-order valence-corrected chi connectivity index (χ0v) is 34.2. The summed E-state index contributed by atoms with van der Waals surface area (Å²) in [5.74, 6) is -1.43. The Morgan fingerprint density at radius 1 is 0.707 bits per heavy atom. The summed E-state index contributed by atoms with van der Waals surface area (Å²) in [6.45, 7) is 11.7. The Hall–Kier alpha value is -4.44. The Morgan fingerprint density at radius 3 is 1.86 bits per heavy atom. The summed E-state index contributed by atoms with van der Waals surface area (Å²) < 4.78 is 40.8. The number of fused-ring (bicyclic) bond motifs is 2. The lowest BCUT2D eigenvalue weighted by molar-refractivity contribution is -0.369. The summed E-state index contributed by atoms with van der Waals surface area (Å²) in [5, 5.41) is 12.2. The van der Waals surface area contributed by atoms with Crippen molar-refractivity contribution in [3.8, 4) is 0 Å². The third kappa shape index (κ3) is 9.54. The molecule has 2 heterocycles. The van der Waals surface area contributed by atoms with Gasteiger partial charge in [0, 0.05) is 12.2 Å². The van der Waals surface area contributed by atoms with Crippen LogP contribution < -0.4 is 0 Å². The fourth-order valence-corrected chi connectivity index (χ4v) is 8.14. The van der Waals surface area contributed by atoms with Crippen LogP contribution in [-0.2, 0) is 66.9 Å². The molecule has 2 aliphatic rings. The Labute approximate surface area is 344 Å². The summed E-state index contributed by atoms with van der Waals surface area (Å²) in [6, 6.07) is 45.5. The maximum Gasteiger partial charge on any atom is 0.225 e. The van der Waals surface area contributed by atoms with E-state index in [1.807, 2.05) is 91.0 Å². The van der Waals surface area contributed by atoms with Gasteiger partial charge in [0.25, 0.3) is 0 Å². The van der Waals surface area contributed by atoms with Gasteiger partial charge in [-0.2, -0.15) is 0 Å². The molecule has 0 aromatic heterocycles.